The molecule has 0 fully saturated rings. The van der Waals surface area contributed by atoms with Gasteiger partial charge in [-0.3, -0.25) is 0 Å². The first kappa shape index (κ1) is 7.99. The van der Waals surface area contributed by atoms with Gasteiger partial charge in [-0.1, -0.05) is 24.3 Å². The molecule has 4 rings (SSSR count). The Balaban J connectivity index is 2.35. The molecule has 1 aromatic carbocycles. The van der Waals surface area contributed by atoms with Gasteiger partial charge in [0.2, 0.25) is 0 Å². The second-order valence-corrected chi connectivity index (χ2v) is 4.10. The lowest BCUT2D eigenvalue weighted by Gasteiger charge is -1.90. The van der Waals surface area contributed by atoms with Crippen molar-refractivity contribution < 1.29 is 0 Å². The third-order valence-corrected chi connectivity index (χ3v) is 3.19. The minimum Gasteiger partial charge on any atom is -0.366 e. The van der Waals surface area contributed by atoms with Crippen LogP contribution < -0.4 is 0 Å². The molecule has 0 atom stereocenters. The summed E-state index contributed by atoms with van der Waals surface area (Å²) in [4.78, 5) is 3.14. The van der Waals surface area contributed by atoms with Gasteiger partial charge in [0.05, 0.1) is 11.0 Å². The van der Waals surface area contributed by atoms with Crippen LogP contribution in [-0.2, 0) is 0 Å². The number of rotatable bonds is 0. The lowest BCUT2D eigenvalue weighted by Crippen LogP contribution is -1.76. The van der Waals surface area contributed by atoms with E-state index < -0.39 is 0 Å². The van der Waals surface area contributed by atoms with E-state index in [2.05, 4.69) is 52.0 Å². The molecular weight excluding hydrogens is 196 g/mol. The summed E-state index contributed by atoms with van der Waals surface area (Å²) in [6, 6.07) is 12.8. The van der Waals surface area contributed by atoms with Crippen molar-refractivity contribution in [2.24, 2.45) is 0 Å². The molecule has 3 heterocycles. The molecule has 0 amide bonds. The molecule has 0 unspecified atom stereocenters. The fourth-order valence-corrected chi connectivity index (χ4v) is 2.44. The Labute approximate surface area is 92.1 Å². The van der Waals surface area contributed by atoms with Crippen LogP contribution >= 0.6 is 0 Å². The van der Waals surface area contributed by atoms with Crippen molar-refractivity contribution in [2.75, 3.05) is 0 Å². The average Bonchev–Trinajstić information content (AvgIpc) is 2.85. The number of nitrogens with zero attached hydrogens (tertiary/aromatic N) is 1. The van der Waals surface area contributed by atoms with Gasteiger partial charge < -0.3 is 9.38 Å². The van der Waals surface area contributed by atoms with Crippen LogP contribution in [-0.4, -0.2) is 9.38 Å². The van der Waals surface area contributed by atoms with Gasteiger partial charge in [-0.25, -0.2) is 0 Å². The summed E-state index contributed by atoms with van der Waals surface area (Å²) in [7, 11) is 0. The number of pyridine rings is 1. The van der Waals surface area contributed by atoms with Crippen molar-refractivity contribution in [1.82, 2.24) is 9.38 Å². The molecule has 3 aromatic heterocycles. The average molecular weight is 206 g/mol. The first-order chi connectivity index (χ1) is 7.93. The molecule has 0 radical (unpaired) electrons. The van der Waals surface area contributed by atoms with Crippen molar-refractivity contribution in [2.45, 2.75) is 0 Å². The van der Waals surface area contributed by atoms with Gasteiger partial charge in [0, 0.05) is 34.7 Å². The SMILES string of the molecule is c1ccc2c(c1)cn1c3c[nH]ccc3cc21. The molecule has 0 aliphatic rings. The molecule has 1 N–H and O–H groups in total. The highest BCUT2D eigenvalue weighted by atomic mass is 14.9. The second kappa shape index (κ2) is 2.67. The summed E-state index contributed by atoms with van der Waals surface area (Å²) in [5, 5.41) is 3.89. The van der Waals surface area contributed by atoms with E-state index in [0.29, 0.717) is 0 Å². The molecule has 0 aliphatic carbocycles. The van der Waals surface area contributed by atoms with Crippen LogP contribution in [0.25, 0.3) is 27.2 Å². The summed E-state index contributed by atoms with van der Waals surface area (Å²) in [5.41, 5.74) is 2.51. The number of fused-ring (bicyclic) bond motifs is 5. The Hall–Kier alpha value is -2.22. The molecule has 16 heavy (non-hydrogen) atoms. The lowest BCUT2D eigenvalue weighted by atomic mass is 10.2. The minimum absolute atomic E-state index is 1.23. The van der Waals surface area contributed by atoms with Gasteiger partial charge in [-0.2, -0.15) is 0 Å². The zero-order valence-corrected chi connectivity index (χ0v) is 8.64. The van der Waals surface area contributed by atoms with Gasteiger partial charge in [0.1, 0.15) is 0 Å². The highest BCUT2D eigenvalue weighted by Gasteiger charge is 2.06. The normalized spacial score (nSPS) is 11.8. The summed E-state index contributed by atoms with van der Waals surface area (Å²) in [5.74, 6) is 0. The van der Waals surface area contributed by atoms with E-state index in [9.17, 15) is 0 Å². The third-order valence-electron chi connectivity index (χ3n) is 3.19. The van der Waals surface area contributed by atoms with E-state index in [1.165, 1.54) is 27.2 Å². The van der Waals surface area contributed by atoms with Crippen LogP contribution in [0, 0.1) is 0 Å². The zero-order valence-electron chi connectivity index (χ0n) is 8.64. The van der Waals surface area contributed by atoms with E-state index >= 15 is 0 Å². The van der Waals surface area contributed by atoms with Gasteiger partial charge in [0.15, 0.2) is 0 Å². The van der Waals surface area contributed by atoms with Gasteiger partial charge in [-0.15, -0.1) is 0 Å². The maximum absolute atomic E-state index is 3.14. The summed E-state index contributed by atoms with van der Waals surface area (Å²) in [6.45, 7) is 0. The standard InChI is InChI=1S/C14H10N2/c1-2-4-12-11(3-1)9-16-13(12)7-10-5-6-15-8-14(10)16/h1-9,15H. The second-order valence-electron chi connectivity index (χ2n) is 4.10. The molecule has 2 heteroatoms. The lowest BCUT2D eigenvalue weighted by molar-refractivity contribution is 1.27. The maximum Gasteiger partial charge on any atom is 0.0690 e. The Morgan fingerprint density at radius 2 is 1.88 bits per heavy atom. The van der Waals surface area contributed by atoms with Crippen LogP contribution in [0.3, 0.4) is 0 Å². The highest BCUT2D eigenvalue weighted by Crippen LogP contribution is 2.28. The number of H-pyrrole nitrogens is 1. The maximum atomic E-state index is 3.14. The fraction of sp³-hybridized carbons (Fsp3) is 0. The molecule has 0 bridgehead atoms. The van der Waals surface area contributed by atoms with E-state index in [1.807, 2.05) is 12.4 Å². The molecule has 76 valence electrons. The fourth-order valence-electron chi connectivity index (χ4n) is 2.44. The van der Waals surface area contributed by atoms with Crippen molar-refractivity contribution in [3.8, 4) is 0 Å². The van der Waals surface area contributed by atoms with Crippen molar-refractivity contribution >= 4 is 27.2 Å². The van der Waals surface area contributed by atoms with Crippen LogP contribution in [0.15, 0.2) is 55.0 Å². The Bertz CT molecular complexity index is 735. The molecule has 2 nitrogen and oxygen atoms in total. The topological polar surface area (TPSA) is 20.2 Å². The van der Waals surface area contributed by atoms with Crippen LogP contribution in [0.4, 0.5) is 0 Å². The van der Waals surface area contributed by atoms with E-state index in [1.54, 1.807) is 0 Å². The Morgan fingerprint density at radius 3 is 2.88 bits per heavy atom. The van der Waals surface area contributed by atoms with Crippen LogP contribution in [0.1, 0.15) is 0 Å². The van der Waals surface area contributed by atoms with E-state index in [-0.39, 0.29) is 0 Å². The number of aromatic amines is 1. The smallest absolute Gasteiger partial charge is 0.0690 e. The zero-order chi connectivity index (χ0) is 10.5. The van der Waals surface area contributed by atoms with Crippen LogP contribution in [0.2, 0.25) is 0 Å². The van der Waals surface area contributed by atoms with Gasteiger partial charge >= 0.3 is 0 Å². The van der Waals surface area contributed by atoms with Crippen LogP contribution in [0.5, 0.6) is 0 Å². The molecule has 0 aliphatic heterocycles. The van der Waals surface area contributed by atoms with Crippen molar-refractivity contribution in [3.63, 3.8) is 0 Å². The Kier molecular flexibility index (Phi) is 1.33. The van der Waals surface area contributed by atoms with Gasteiger partial charge in [-0.05, 0) is 12.1 Å². The van der Waals surface area contributed by atoms with E-state index in [0.717, 1.165) is 0 Å². The number of nitrogens with one attached hydrogen (secondary N) is 1. The largest absolute Gasteiger partial charge is 0.366 e. The molecule has 4 aromatic rings. The first-order valence-corrected chi connectivity index (χ1v) is 5.39. The quantitative estimate of drug-likeness (QED) is 0.454. The number of aromatic nitrogens is 2. The van der Waals surface area contributed by atoms with E-state index in [4.69, 9.17) is 0 Å². The van der Waals surface area contributed by atoms with Gasteiger partial charge in [0.25, 0.3) is 0 Å². The molecule has 0 saturated heterocycles. The summed E-state index contributed by atoms with van der Waals surface area (Å²) >= 11 is 0. The predicted octanol–water partition coefficient (Wildman–Crippen LogP) is 3.57. The molecular formula is C14H10N2. The highest BCUT2D eigenvalue weighted by molar-refractivity contribution is 6.03. The summed E-state index contributed by atoms with van der Waals surface area (Å²) < 4.78 is 2.25. The monoisotopic (exact) mass is 206 g/mol. The van der Waals surface area contributed by atoms with Crippen molar-refractivity contribution in [1.29, 1.82) is 0 Å². The number of hydrogen-bond donors (Lipinski definition) is 1. The number of hydrogen-bond acceptors (Lipinski definition) is 0. The summed E-state index contributed by atoms with van der Waals surface area (Å²) in [6.07, 6.45) is 6.20. The number of benzene rings is 1. The third kappa shape index (κ3) is 0.865. The predicted molar refractivity (Wildman–Crippen MR) is 66.8 cm³/mol. The minimum atomic E-state index is 1.23. The molecule has 0 saturated carbocycles. The molecule has 0 spiro atoms. The Morgan fingerprint density at radius 1 is 0.938 bits per heavy atom. The van der Waals surface area contributed by atoms with Crippen molar-refractivity contribution in [3.05, 3.63) is 55.0 Å². The first-order valence-electron chi connectivity index (χ1n) is 5.39.